The molecule has 0 aliphatic heterocycles. The molecule has 186 valence electrons. The fourth-order valence-electron chi connectivity index (χ4n) is 7.59. The Hall–Kier alpha value is -2.05. The van der Waals surface area contributed by atoms with Crippen LogP contribution in [0.25, 0.3) is 0 Å². The SMILES string of the molecule is CC(C)(O)/C=C/C(=O)[C@H](O)C1CCC2[C@@H]3CC=C4C(C=C(O)C(=O)C4(C)C)[C@]3(C)C(=O)C[C@]12C. The third-order valence-corrected chi connectivity index (χ3v) is 9.63. The van der Waals surface area contributed by atoms with Gasteiger partial charge in [0.05, 0.1) is 11.0 Å². The van der Waals surface area contributed by atoms with Crippen molar-refractivity contribution in [3.63, 3.8) is 0 Å². The standard InChI is InChI=1S/C28H38O6/c1-25(2,34)12-11-20(29)23(32)18-10-8-16-17-9-7-15-19(13-21(30)24(33)26(15,3)4)28(17,6)22(31)14-27(16,18)5/h7,11-13,16-19,23,30,32,34H,8-10,14H2,1-6H3/b12-11+/t16?,17-,18?,19?,23+,27-,28+/m0/s1. The van der Waals surface area contributed by atoms with Gasteiger partial charge >= 0.3 is 0 Å². The van der Waals surface area contributed by atoms with Crippen molar-refractivity contribution in [2.45, 2.75) is 78.9 Å². The minimum Gasteiger partial charge on any atom is -0.505 e. The molecule has 0 saturated heterocycles. The lowest BCUT2D eigenvalue weighted by molar-refractivity contribution is -0.155. The summed E-state index contributed by atoms with van der Waals surface area (Å²) in [5.41, 5.74) is -2.36. The van der Waals surface area contributed by atoms with E-state index in [0.717, 1.165) is 12.0 Å². The molecule has 6 nitrogen and oxygen atoms in total. The van der Waals surface area contributed by atoms with Crippen LogP contribution in [-0.2, 0) is 14.4 Å². The van der Waals surface area contributed by atoms with E-state index in [9.17, 15) is 29.7 Å². The van der Waals surface area contributed by atoms with E-state index in [1.807, 2.05) is 27.7 Å². The predicted octanol–water partition coefficient (Wildman–Crippen LogP) is 3.87. The molecule has 34 heavy (non-hydrogen) atoms. The summed E-state index contributed by atoms with van der Waals surface area (Å²) in [6, 6.07) is 0. The molecule has 2 saturated carbocycles. The summed E-state index contributed by atoms with van der Waals surface area (Å²) >= 11 is 0. The summed E-state index contributed by atoms with van der Waals surface area (Å²) in [5.74, 6) is -1.50. The van der Waals surface area contributed by atoms with Gasteiger partial charge in [0.2, 0.25) is 5.78 Å². The number of ketones is 3. The van der Waals surface area contributed by atoms with E-state index >= 15 is 0 Å². The molecule has 3 unspecified atom stereocenters. The lowest BCUT2D eigenvalue weighted by Crippen LogP contribution is -2.59. The molecular weight excluding hydrogens is 432 g/mol. The lowest BCUT2D eigenvalue weighted by atomic mass is 9.44. The molecule has 2 fully saturated rings. The highest BCUT2D eigenvalue weighted by molar-refractivity contribution is 6.02. The number of aliphatic hydroxyl groups is 3. The molecule has 6 heteroatoms. The summed E-state index contributed by atoms with van der Waals surface area (Å²) < 4.78 is 0. The van der Waals surface area contributed by atoms with Crippen LogP contribution in [0.4, 0.5) is 0 Å². The molecule has 3 N–H and O–H groups in total. The van der Waals surface area contributed by atoms with Crippen LogP contribution in [-0.4, -0.2) is 44.4 Å². The van der Waals surface area contributed by atoms with Crippen molar-refractivity contribution >= 4 is 17.3 Å². The van der Waals surface area contributed by atoms with Crippen molar-refractivity contribution in [1.82, 2.24) is 0 Å². The Kier molecular flexibility index (Phi) is 5.69. The smallest absolute Gasteiger partial charge is 0.206 e. The number of hydrogen-bond donors (Lipinski definition) is 3. The number of hydrogen-bond acceptors (Lipinski definition) is 6. The van der Waals surface area contributed by atoms with E-state index < -0.39 is 33.7 Å². The molecule has 0 heterocycles. The zero-order chi connectivity index (χ0) is 25.4. The number of aliphatic hydroxyl groups excluding tert-OH is 2. The highest BCUT2D eigenvalue weighted by atomic mass is 16.3. The Morgan fingerprint density at radius 2 is 1.79 bits per heavy atom. The highest BCUT2D eigenvalue weighted by Crippen LogP contribution is 2.67. The van der Waals surface area contributed by atoms with Crippen LogP contribution >= 0.6 is 0 Å². The maximum absolute atomic E-state index is 13.9. The minimum atomic E-state index is -1.23. The molecule has 4 aliphatic carbocycles. The molecule has 4 rings (SSSR count). The Morgan fingerprint density at radius 3 is 2.41 bits per heavy atom. The van der Waals surface area contributed by atoms with Gasteiger partial charge in [0.1, 0.15) is 11.9 Å². The number of fused-ring (bicyclic) bond motifs is 5. The Balaban J connectivity index is 1.69. The van der Waals surface area contributed by atoms with Gasteiger partial charge in [-0.15, -0.1) is 0 Å². The quantitative estimate of drug-likeness (QED) is 0.425. The van der Waals surface area contributed by atoms with Gasteiger partial charge in [0, 0.05) is 17.8 Å². The molecule has 0 aromatic rings. The number of allylic oxidation sites excluding steroid dienone is 4. The Morgan fingerprint density at radius 1 is 1.15 bits per heavy atom. The summed E-state index contributed by atoms with van der Waals surface area (Å²) in [6.07, 6.45) is 7.46. The van der Waals surface area contributed by atoms with Gasteiger partial charge in [-0.2, -0.15) is 0 Å². The van der Waals surface area contributed by atoms with Crippen molar-refractivity contribution in [3.8, 4) is 0 Å². The van der Waals surface area contributed by atoms with Crippen LogP contribution in [0, 0.1) is 39.9 Å². The van der Waals surface area contributed by atoms with Gasteiger partial charge in [0.25, 0.3) is 0 Å². The molecular formula is C28H38O6. The van der Waals surface area contributed by atoms with Gasteiger partial charge in [-0.1, -0.05) is 31.6 Å². The highest BCUT2D eigenvalue weighted by Gasteiger charge is 2.66. The minimum absolute atomic E-state index is 0.000212. The summed E-state index contributed by atoms with van der Waals surface area (Å²) in [5, 5.41) is 31.3. The maximum atomic E-state index is 13.9. The Bertz CT molecular complexity index is 1020. The van der Waals surface area contributed by atoms with Crippen LogP contribution in [0.5, 0.6) is 0 Å². The summed E-state index contributed by atoms with van der Waals surface area (Å²) in [4.78, 5) is 39.3. The normalized spacial score (nSPS) is 40.2. The zero-order valence-corrected chi connectivity index (χ0v) is 21.1. The molecule has 0 aromatic carbocycles. The molecule has 0 radical (unpaired) electrons. The van der Waals surface area contributed by atoms with E-state index in [1.54, 1.807) is 19.9 Å². The van der Waals surface area contributed by atoms with Crippen molar-refractivity contribution in [1.29, 1.82) is 0 Å². The van der Waals surface area contributed by atoms with E-state index in [2.05, 4.69) is 6.08 Å². The average Bonchev–Trinajstić information content (AvgIpc) is 3.06. The first-order valence-electron chi connectivity index (χ1n) is 12.4. The molecule has 0 bridgehead atoms. The van der Waals surface area contributed by atoms with Crippen LogP contribution < -0.4 is 0 Å². The first-order chi connectivity index (χ1) is 15.5. The fraction of sp³-hybridized carbons (Fsp3) is 0.679. The number of Topliss-reactive ketones (excluding diaryl/α,β-unsaturated/α-hetero) is 2. The van der Waals surface area contributed by atoms with Gasteiger partial charge in [-0.05, 0) is 82.3 Å². The van der Waals surface area contributed by atoms with E-state index in [-0.39, 0.29) is 47.4 Å². The maximum Gasteiger partial charge on any atom is 0.206 e. The summed E-state index contributed by atoms with van der Waals surface area (Å²) in [6.45, 7) is 10.8. The number of rotatable bonds is 4. The van der Waals surface area contributed by atoms with E-state index in [4.69, 9.17) is 0 Å². The number of carbonyl (C=O) groups is 3. The molecule has 7 atom stereocenters. The van der Waals surface area contributed by atoms with Gasteiger partial charge < -0.3 is 15.3 Å². The van der Waals surface area contributed by atoms with Crippen molar-refractivity contribution < 1.29 is 29.7 Å². The van der Waals surface area contributed by atoms with Crippen molar-refractivity contribution in [3.05, 3.63) is 35.6 Å². The van der Waals surface area contributed by atoms with Gasteiger partial charge in [0.15, 0.2) is 11.5 Å². The number of carbonyl (C=O) groups excluding carboxylic acids is 3. The molecule has 4 aliphatic rings. The van der Waals surface area contributed by atoms with Crippen LogP contribution in [0.15, 0.2) is 35.6 Å². The van der Waals surface area contributed by atoms with E-state index in [0.29, 0.717) is 12.8 Å². The molecule has 0 aromatic heterocycles. The van der Waals surface area contributed by atoms with Crippen LogP contribution in [0.1, 0.15) is 67.2 Å². The van der Waals surface area contributed by atoms with Crippen LogP contribution in [0.3, 0.4) is 0 Å². The van der Waals surface area contributed by atoms with Gasteiger partial charge in [-0.3, -0.25) is 14.4 Å². The second kappa shape index (κ2) is 7.72. The zero-order valence-electron chi connectivity index (χ0n) is 21.1. The first kappa shape index (κ1) is 25.1. The predicted molar refractivity (Wildman–Crippen MR) is 128 cm³/mol. The fourth-order valence-corrected chi connectivity index (χ4v) is 7.59. The van der Waals surface area contributed by atoms with Gasteiger partial charge in [-0.25, -0.2) is 0 Å². The third-order valence-electron chi connectivity index (χ3n) is 9.63. The Labute approximate surface area is 201 Å². The summed E-state index contributed by atoms with van der Waals surface area (Å²) in [7, 11) is 0. The second-order valence-electron chi connectivity index (χ2n) is 12.5. The first-order valence-corrected chi connectivity index (χ1v) is 12.4. The van der Waals surface area contributed by atoms with E-state index in [1.165, 1.54) is 12.2 Å². The second-order valence-corrected chi connectivity index (χ2v) is 12.5. The van der Waals surface area contributed by atoms with Crippen LogP contribution in [0.2, 0.25) is 0 Å². The molecule has 0 amide bonds. The molecule has 0 spiro atoms. The monoisotopic (exact) mass is 470 g/mol. The third kappa shape index (κ3) is 3.48. The van der Waals surface area contributed by atoms with Crippen molar-refractivity contribution in [2.24, 2.45) is 39.9 Å². The topological polar surface area (TPSA) is 112 Å². The average molecular weight is 471 g/mol. The largest absolute Gasteiger partial charge is 0.505 e. The van der Waals surface area contributed by atoms with Crippen molar-refractivity contribution in [2.75, 3.05) is 0 Å². The lowest BCUT2D eigenvalue weighted by Gasteiger charge is -2.58.